The molecule has 3 aromatic carbocycles. The van der Waals surface area contributed by atoms with Gasteiger partial charge < -0.3 is 14.8 Å². The van der Waals surface area contributed by atoms with Crippen molar-refractivity contribution in [1.29, 1.82) is 0 Å². The Hall–Kier alpha value is -3.31. The van der Waals surface area contributed by atoms with Crippen LogP contribution in [0, 0.1) is 0 Å². The smallest absolute Gasteiger partial charge is 0.257 e. The highest BCUT2D eigenvalue weighted by molar-refractivity contribution is 7.89. The van der Waals surface area contributed by atoms with Gasteiger partial charge in [-0.15, -0.1) is 0 Å². The maximum absolute atomic E-state index is 12.9. The van der Waals surface area contributed by atoms with Gasteiger partial charge >= 0.3 is 0 Å². The maximum Gasteiger partial charge on any atom is 0.257 e. The zero-order chi connectivity index (χ0) is 26.0. The van der Waals surface area contributed by atoms with Crippen LogP contribution in [0.2, 0.25) is 0 Å². The molecule has 0 bridgehead atoms. The van der Waals surface area contributed by atoms with E-state index in [2.05, 4.69) is 10.6 Å². The number of benzene rings is 3. The molecule has 0 spiro atoms. The van der Waals surface area contributed by atoms with E-state index in [9.17, 15) is 13.2 Å². The van der Waals surface area contributed by atoms with Gasteiger partial charge in [0.15, 0.2) is 5.11 Å². The molecule has 10 heteroatoms. The summed E-state index contributed by atoms with van der Waals surface area (Å²) in [7, 11) is -2.12. The summed E-state index contributed by atoms with van der Waals surface area (Å²) in [5.41, 5.74) is 1.86. The molecule has 0 unspecified atom stereocenters. The lowest BCUT2D eigenvalue weighted by Gasteiger charge is -2.17. The first-order valence-electron chi connectivity index (χ1n) is 11.3. The lowest BCUT2D eigenvalue weighted by atomic mass is 10.2. The topological polar surface area (TPSA) is 97.0 Å². The lowest BCUT2D eigenvalue weighted by Crippen LogP contribution is -2.34. The molecule has 190 valence electrons. The zero-order valence-electron chi connectivity index (χ0n) is 20.1. The minimum Gasteiger partial charge on any atom is -0.491 e. The third-order valence-electron chi connectivity index (χ3n) is 5.11. The Morgan fingerprint density at radius 3 is 2.25 bits per heavy atom. The molecule has 1 amide bonds. The van der Waals surface area contributed by atoms with Crippen LogP contribution in [0.3, 0.4) is 0 Å². The number of ether oxygens (including phenoxy) is 2. The first-order chi connectivity index (χ1) is 17.3. The van der Waals surface area contributed by atoms with Gasteiger partial charge in [-0.2, -0.15) is 4.31 Å². The maximum atomic E-state index is 12.9. The molecular weight excluding hydrogens is 498 g/mol. The van der Waals surface area contributed by atoms with Crippen molar-refractivity contribution in [2.75, 3.05) is 32.2 Å². The number of nitrogens with zero attached hydrogens (tertiary/aromatic N) is 1. The van der Waals surface area contributed by atoms with Crippen molar-refractivity contribution in [2.45, 2.75) is 18.4 Å². The van der Waals surface area contributed by atoms with Gasteiger partial charge in [0.05, 0.1) is 11.5 Å². The molecular formula is C26H29N3O5S2. The SMILES string of the molecule is CCOCCOc1ccc(C(=O)NC(=S)Nc2ccc(S(=O)(=O)N(C)Cc3ccccc3)cc2)cc1. The van der Waals surface area contributed by atoms with Gasteiger partial charge in [-0.3, -0.25) is 10.1 Å². The van der Waals surface area contributed by atoms with Gasteiger partial charge in [0.1, 0.15) is 12.4 Å². The molecule has 0 aliphatic carbocycles. The Morgan fingerprint density at radius 2 is 1.61 bits per heavy atom. The second kappa shape index (κ2) is 13.1. The van der Waals surface area contributed by atoms with Gasteiger partial charge in [0, 0.05) is 31.5 Å². The Morgan fingerprint density at radius 1 is 0.944 bits per heavy atom. The van der Waals surface area contributed by atoms with Crippen LogP contribution in [0.5, 0.6) is 5.75 Å². The Balaban J connectivity index is 1.52. The molecule has 0 radical (unpaired) electrons. The fraction of sp³-hybridized carbons (Fsp3) is 0.231. The number of thiocarbonyl (C=S) groups is 1. The van der Waals surface area contributed by atoms with Crippen LogP contribution in [0.25, 0.3) is 0 Å². The molecule has 0 atom stereocenters. The highest BCUT2D eigenvalue weighted by Gasteiger charge is 2.21. The number of amides is 1. The quantitative estimate of drug-likeness (QED) is 0.287. The van der Waals surface area contributed by atoms with Crippen LogP contribution in [0.1, 0.15) is 22.8 Å². The van der Waals surface area contributed by atoms with Crippen LogP contribution in [0.4, 0.5) is 5.69 Å². The van der Waals surface area contributed by atoms with Gasteiger partial charge in [-0.05, 0) is 73.2 Å². The van der Waals surface area contributed by atoms with E-state index in [1.54, 1.807) is 43.4 Å². The minimum atomic E-state index is -3.66. The standard InChI is InChI=1S/C26H29N3O5S2/c1-3-33-17-18-34-23-13-9-21(10-14-23)25(30)28-26(35)27-22-11-15-24(16-12-22)36(31,32)29(2)19-20-7-5-4-6-8-20/h4-16H,3,17-19H2,1-2H3,(H2,27,28,30,35). The van der Waals surface area contributed by atoms with E-state index in [1.165, 1.54) is 16.4 Å². The number of anilines is 1. The van der Waals surface area contributed by atoms with Gasteiger partial charge in [-0.25, -0.2) is 8.42 Å². The first kappa shape index (κ1) is 27.3. The number of hydrogen-bond donors (Lipinski definition) is 2. The van der Waals surface area contributed by atoms with Crippen molar-refractivity contribution in [1.82, 2.24) is 9.62 Å². The Bertz CT molecular complexity index is 1250. The van der Waals surface area contributed by atoms with Crippen molar-refractivity contribution in [2.24, 2.45) is 0 Å². The molecule has 36 heavy (non-hydrogen) atoms. The summed E-state index contributed by atoms with van der Waals surface area (Å²) in [6, 6.07) is 22.2. The second-order valence-electron chi connectivity index (χ2n) is 7.75. The van der Waals surface area contributed by atoms with Crippen molar-refractivity contribution < 1.29 is 22.7 Å². The van der Waals surface area contributed by atoms with E-state index < -0.39 is 10.0 Å². The third kappa shape index (κ3) is 7.85. The predicted molar refractivity (Wildman–Crippen MR) is 144 cm³/mol. The van der Waals surface area contributed by atoms with Crippen molar-refractivity contribution in [3.05, 3.63) is 90.0 Å². The van der Waals surface area contributed by atoms with Crippen molar-refractivity contribution in [3.63, 3.8) is 0 Å². The summed E-state index contributed by atoms with van der Waals surface area (Å²) in [5, 5.41) is 5.59. The molecule has 0 aliphatic rings. The van der Waals surface area contributed by atoms with E-state index >= 15 is 0 Å². The molecule has 0 saturated carbocycles. The van der Waals surface area contributed by atoms with Crippen LogP contribution in [-0.4, -0.2) is 50.6 Å². The molecule has 3 rings (SSSR count). The number of sulfonamides is 1. The number of rotatable bonds is 11. The van der Waals surface area contributed by atoms with Crippen LogP contribution in [-0.2, 0) is 21.3 Å². The van der Waals surface area contributed by atoms with Crippen molar-refractivity contribution >= 4 is 38.9 Å². The molecule has 0 fully saturated rings. The lowest BCUT2D eigenvalue weighted by molar-refractivity contribution is 0.0977. The molecule has 2 N–H and O–H groups in total. The van der Waals surface area contributed by atoms with E-state index in [0.717, 1.165) is 5.56 Å². The predicted octanol–water partition coefficient (Wildman–Crippen LogP) is 4.05. The Kier molecular flexibility index (Phi) is 9.95. The first-order valence-corrected chi connectivity index (χ1v) is 13.2. The van der Waals surface area contributed by atoms with E-state index in [4.69, 9.17) is 21.7 Å². The highest BCUT2D eigenvalue weighted by atomic mass is 32.2. The molecule has 0 saturated heterocycles. The molecule has 0 aromatic heterocycles. The van der Waals surface area contributed by atoms with Gasteiger partial charge in [-0.1, -0.05) is 30.3 Å². The highest BCUT2D eigenvalue weighted by Crippen LogP contribution is 2.19. The summed E-state index contributed by atoms with van der Waals surface area (Å²) in [4.78, 5) is 12.6. The summed E-state index contributed by atoms with van der Waals surface area (Å²) in [6.07, 6.45) is 0. The Labute approximate surface area is 217 Å². The summed E-state index contributed by atoms with van der Waals surface area (Å²) < 4.78 is 37.8. The van der Waals surface area contributed by atoms with Gasteiger partial charge in [0.25, 0.3) is 5.91 Å². The normalized spacial score (nSPS) is 11.2. The number of nitrogens with one attached hydrogen (secondary N) is 2. The largest absolute Gasteiger partial charge is 0.491 e. The number of carbonyl (C=O) groups excluding carboxylic acids is 1. The fourth-order valence-corrected chi connectivity index (χ4v) is 4.59. The summed E-state index contributed by atoms with van der Waals surface area (Å²) in [5.74, 6) is 0.256. The second-order valence-corrected chi connectivity index (χ2v) is 10.2. The van der Waals surface area contributed by atoms with Crippen LogP contribution >= 0.6 is 12.2 Å². The molecule has 0 heterocycles. The molecule has 3 aromatic rings. The van der Waals surface area contributed by atoms with E-state index in [-0.39, 0.29) is 22.5 Å². The third-order valence-corrected chi connectivity index (χ3v) is 7.13. The van der Waals surface area contributed by atoms with E-state index in [0.29, 0.717) is 36.8 Å². The molecule has 0 aliphatic heterocycles. The summed E-state index contributed by atoms with van der Waals surface area (Å²) >= 11 is 5.23. The fourth-order valence-electron chi connectivity index (χ4n) is 3.22. The molecule has 8 nitrogen and oxygen atoms in total. The minimum absolute atomic E-state index is 0.0915. The number of carbonyl (C=O) groups is 1. The summed E-state index contributed by atoms with van der Waals surface area (Å²) in [6.45, 7) is 3.73. The van der Waals surface area contributed by atoms with E-state index in [1.807, 2.05) is 37.3 Å². The zero-order valence-corrected chi connectivity index (χ0v) is 21.8. The number of hydrogen-bond acceptors (Lipinski definition) is 6. The van der Waals surface area contributed by atoms with Crippen molar-refractivity contribution in [3.8, 4) is 5.75 Å². The van der Waals surface area contributed by atoms with Crippen LogP contribution < -0.4 is 15.4 Å². The van der Waals surface area contributed by atoms with Gasteiger partial charge in [0.2, 0.25) is 10.0 Å². The average Bonchev–Trinajstić information content (AvgIpc) is 2.88. The average molecular weight is 528 g/mol. The van der Waals surface area contributed by atoms with Crippen LogP contribution in [0.15, 0.2) is 83.8 Å². The monoisotopic (exact) mass is 527 g/mol.